The smallest absolute Gasteiger partial charge is 0.253 e. The molecule has 28 heavy (non-hydrogen) atoms. The molecule has 3 aromatic rings. The first-order valence-corrected chi connectivity index (χ1v) is 9.17. The molecule has 0 aliphatic heterocycles. The van der Waals surface area contributed by atoms with Crippen LogP contribution >= 0.6 is 0 Å². The quantitative estimate of drug-likeness (QED) is 0.609. The van der Waals surface area contributed by atoms with E-state index in [1.54, 1.807) is 30.3 Å². The summed E-state index contributed by atoms with van der Waals surface area (Å²) in [5.74, 6) is -0.493. The summed E-state index contributed by atoms with van der Waals surface area (Å²) >= 11 is 0. The fourth-order valence-corrected chi connectivity index (χ4v) is 2.76. The molecule has 0 saturated carbocycles. The Labute approximate surface area is 164 Å². The monoisotopic (exact) mass is 370 g/mol. The van der Waals surface area contributed by atoms with E-state index in [4.69, 9.17) is 0 Å². The number of para-hydroxylation sites is 1. The van der Waals surface area contributed by atoms with E-state index in [0.717, 1.165) is 17.5 Å². The van der Waals surface area contributed by atoms with Gasteiger partial charge in [-0.05, 0) is 35.8 Å². The highest BCUT2D eigenvalue weighted by atomic mass is 16.2. The Balaban J connectivity index is 1.59. The van der Waals surface area contributed by atoms with Crippen LogP contribution in [0.3, 0.4) is 0 Å². The van der Waals surface area contributed by atoms with E-state index in [2.05, 4.69) is 10.6 Å². The Hall–Kier alpha value is -3.66. The molecule has 0 spiro atoms. The van der Waals surface area contributed by atoms with Gasteiger partial charge in [-0.3, -0.25) is 9.59 Å². The van der Waals surface area contributed by atoms with Gasteiger partial charge in [0.05, 0.1) is 11.3 Å². The van der Waals surface area contributed by atoms with Crippen molar-refractivity contribution in [2.45, 2.75) is 6.42 Å². The molecule has 0 unspecified atom stereocenters. The lowest BCUT2D eigenvalue weighted by Crippen LogP contribution is -2.27. The third kappa shape index (κ3) is 5.68. The van der Waals surface area contributed by atoms with Crippen LogP contribution in [0.4, 0.5) is 5.69 Å². The standard InChI is InChI=1S/C24H22N2O2/c27-23(16-15-19-9-3-1-4-10-19)26-22-14-8-7-13-21(22)24(28)25-18-17-20-11-5-2-6-12-20/h1-16H,17-18H2,(H,25,28)(H,26,27)/b16-15+. The zero-order valence-corrected chi connectivity index (χ0v) is 15.5. The van der Waals surface area contributed by atoms with Crippen molar-refractivity contribution in [3.05, 3.63) is 108 Å². The van der Waals surface area contributed by atoms with Gasteiger partial charge < -0.3 is 10.6 Å². The van der Waals surface area contributed by atoms with Crippen molar-refractivity contribution in [2.24, 2.45) is 0 Å². The number of benzene rings is 3. The van der Waals surface area contributed by atoms with Gasteiger partial charge in [-0.25, -0.2) is 0 Å². The number of carbonyl (C=O) groups is 2. The van der Waals surface area contributed by atoms with Crippen LogP contribution in [0.25, 0.3) is 6.08 Å². The van der Waals surface area contributed by atoms with Gasteiger partial charge in [0.25, 0.3) is 5.91 Å². The minimum atomic E-state index is -0.284. The Morgan fingerprint density at radius 1 is 0.786 bits per heavy atom. The molecule has 0 radical (unpaired) electrons. The molecule has 0 atom stereocenters. The predicted molar refractivity (Wildman–Crippen MR) is 113 cm³/mol. The molecule has 3 aromatic carbocycles. The Bertz CT molecular complexity index is 951. The van der Waals surface area contributed by atoms with Crippen LogP contribution in [-0.4, -0.2) is 18.4 Å². The van der Waals surface area contributed by atoms with E-state index in [9.17, 15) is 9.59 Å². The zero-order chi connectivity index (χ0) is 19.6. The largest absolute Gasteiger partial charge is 0.352 e. The summed E-state index contributed by atoms with van der Waals surface area (Å²) in [5, 5.41) is 5.69. The van der Waals surface area contributed by atoms with Gasteiger partial charge in [0.1, 0.15) is 0 Å². The summed E-state index contributed by atoms with van der Waals surface area (Å²) in [6, 6.07) is 26.5. The number of hydrogen-bond donors (Lipinski definition) is 2. The highest BCUT2D eigenvalue weighted by Gasteiger charge is 2.11. The molecule has 4 nitrogen and oxygen atoms in total. The zero-order valence-electron chi connectivity index (χ0n) is 15.5. The maximum atomic E-state index is 12.5. The SMILES string of the molecule is O=C(/C=C/c1ccccc1)Nc1ccccc1C(=O)NCCc1ccccc1. The number of carbonyl (C=O) groups excluding carboxylic acids is 2. The molecule has 0 aromatic heterocycles. The van der Waals surface area contributed by atoms with Crippen LogP contribution in [0.15, 0.2) is 91.0 Å². The topological polar surface area (TPSA) is 58.2 Å². The minimum absolute atomic E-state index is 0.209. The molecule has 140 valence electrons. The van der Waals surface area contributed by atoms with E-state index >= 15 is 0 Å². The second-order valence-corrected chi connectivity index (χ2v) is 6.27. The van der Waals surface area contributed by atoms with E-state index in [0.29, 0.717) is 17.8 Å². The first-order valence-electron chi connectivity index (χ1n) is 9.17. The van der Waals surface area contributed by atoms with Crippen molar-refractivity contribution in [3.8, 4) is 0 Å². The van der Waals surface area contributed by atoms with Gasteiger partial charge >= 0.3 is 0 Å². The lowest BCUT2D eigenvalue weighted by molar-refractivity contribution is -0.111. The maximum absolute atomic E-state index is 12.5. The molecule has 0 fully saturated rings. The average Bonchev–Trinajstić information content (AvgIpc) is 2.74. The summed E-state index contributed by atoms with van der Waals surface area (Å²) in [5.41, 5.74) is 3.03. The van der Waals surface area contributed by atoms with Gasteiger partial charge in [0.15, 0.2) is 0 Å². The van der Waals surface area contributed by atoms with Gasteiger partial charge in [-0.1, -0.05) is 72.8 Å². The molecule has 2 N–H and O–H groups in total. The summed E-state index contributed by atoms with van der Waals surface area (Å²) in [6.07, 6.45) is 3.94. The summed E-state index contributed by atoms with van der Waals surface area (Å²) in [7, 11) is 0. The van der Waals surface area contributed by atoms with Crippen molar-refractivity contribution in [1.29, 1.82) is 0 Å². The van der Waals surface area contributed by atoms with Crippen LogP contribution in [0.1, 0.15) is 21.5 Å². The Morgan fingerprint density at radius 2 is 1.43 bits per heavy atom. The number of hydrogen-bond acceptors (Lipinski definition) is 2. The fraction of sp³-hybridized carbons (Fsp3) is 0.0833. The summed E-state index contributed by atoms with van der Waals surface area (Å²) < 4.78 is 0. The van der Waals surface area contributed by atoms with E-state index < -0.39 is 0 Å². The van der Waals surface area contributed by atoms with Crippen molar-refractivity contribution in [1.82, 2.24) is 5.32 Å². The maximum Gasteiger partial charge on any atom is 0.253 e. The van der Waals surface area contributed by atoms with Crippen LogP contribution in [-0.2, 0) is 11.2 Å². The highest BCUT2D eigenvalue weighted by molar-refractivity contribution is 6.07. The van der Waals surface area contributed by atoms with Gasteiger partial charge in [0, 0.05) is 12.6 Å². The molecule has 0 aliphatic rings. The normalized spacial score (nSPS) is 10.6. The number of amides is 2. The lowest BCUT2D eigenvalue weighted by Gasteiger charge is -2.10. The molecule has 0 bridgehead atoms. The third-order valence-corrected chi connectivity index (χ3v) is 4.20. The third-order valence-electron chi connectivity index (χ3n) is 4.20. The van der Waals surface area contributed by atoms with Crippen LogP contribution in [0, 0.1) is 0 Å². The molecule has 0 heterocycles. The van der Waals surface area contributed by atoms with Crippen LogP contribution < -0.4 is 10.6 Å². The predicted octanol–water partition coefficient (Wildman–Crippen LogP) is 4.31. The molecule has 0 saturated heterocycles. The van der Waals surface area contributed by atoms with Gasteiger partial charge in [-0.15, -0.1) is 0 Å². The molecule has 2 amide bonds. The molecule has 4 heteroatoms. The Kier molecular flexibility index (Phi) is 6.74. The van der Waals surface area contributed by atoms with Crippen molar-refractivity contribution < 1.29 is 9.59 Å². The first kappa shape index (κ1) is 19.1. The Morgan fingerprint density at radius 3 is 2.18 bits per heavy atom. The van der Waals surface area contributed by atoms with E-state index in [-0.39, 0.29) is 11.8 Å². The summed E-state index contributed by atoms with van der Waals surface area (Å²) in [4.78, 5) is 24.8. The van der Waals surface area contributed by atoms with Gasteiger partial charge in [-0.2, -0.15) is 0 Å². The molecule has 0 aliphatic carbocycles. The number of anilines is 1. The first-order chi connectivity index (χ1) is 13.7. The van der Waals surface area contributed by atoms with Crippen molar-refractivity contribution >= 4 is 23.6 Å². The van der Waals surface area contributed by atoms with Crippen LogP contribution in [0.5, 0.6) is 0 Å². The van der Waals surface area contributed by atoms with E-state index in [1.807, 2.05) is 60.7 Å². The average molecular weight is 370 g/mol. The lowest BCUT2D eigenvalue weighted by atomic mass is 10.1. The minimum Gasteiger partial charge on any atom is -0.352 e. The van der Waals surface area contributed by atoms with Crippen LogP contribution in [0.2, 0.25) is 0 Å². The highest BCUT2D eigenvalue weighted by Crippen LogP contribution is 2.15. The number of nitrogens with one attached hydrogen (secondary N) is 2. The van der Waals surface area contributed by atoms with Crippen molar-refractivity contribution in [2.75, 3.05) is 11.9 Å². The second-order valence-electron chi connectivity index (χ2n) is 6.27. The number of rotatable bonds is 7. The van der Waals surface area contributed by atoms with E-state index in [1.165, 1.54) is 6.08 Å². The molecular formula is C24H22N2O2. The van der Waals surface area contributed by atoms with Crippen molar-refractivity contribution in [3.63, 3.8) is 0 Å². The molecule has 3 rings (SSSR count). The van der Waals surface area contributed by atoms with Gasteiger partial charge in [0.2, 0.25) is 5.91 Å². The second kappa shape index (κ2) is 9.88. The molecular weight excluding hydrogens is 348 g/mol. The summed E-state index contributed by atoms with van der Waals surface area (Å²) in [6.45, 7) is 0.527. The fourth-order valence-electron chi connectivity index (χ4n) is 2.76.